The summed E-state index contributed by atoms with van der Waals surface area (Å²) in [5.74, 6) is 0.650. The molecule has 6 heteroatoms. The second-order valence-electron chi connectivity index (χ2n) is 5.03. The van der Waals surface area contributed by atoms with E-state index in [0.717, 1.165) is 18.7 Å². The molecular weight excluding hydrogens is 270 g/mol. The molecule has 0 amide bonds. The molecule has 0 saturated carbocycles. The van der Waals surface area contributed by atoms with Crippen LogP contribution in [0.15, 0.2) is 17.5 Å². The van der Waals surface area contributed by atoms with Crippen molar-refractivity contribution >= 4 is 23.1 Å². The van der Waals surface area contributed by atoms with Gasteiger partial charge >= 0.3 is 0 Å². The number of aromatic nitrogens is 2. The van der Waals surface area contributed by atoms with Crippen molar-refractivity contribution in [2.24, 2.45) is 5.73 Å². The lowest BCUT2D eigenvalue weighted by Gasteiger charge is -2.33. The summed E-state index contributed by atoms with van der Waals surface area (Å²) >= 11 is 1.82. The normalized spacial score (nSPS) is 17.9. The molecule has 2 aromatic rings. The molecule has 0 fully saturated rings. The predicted octanol–water partition coefficient (Wildman–Crippen LogP) is 2.25. The van der Waals surface area contributed by atoms with Crippen LogP contribution in [0.4, 0.5) is 5.95 Å². The Morgan fingerprint density at radius 1 is 1.50 bits per heavy atom. The number of amidine groups is 1. The lowest BCUT2D eigenvalue weighted by molar-refractivity contribution is 0.614. The van der Waals surface area contributed by atoms with Crippen molar-refractivity contribution in [1.82, 2.24) is 9.97 Å². The van der Waals surface area contributed by atoms with Gasteiger partial charge in [0, 0.05) is 17.1 Å². The van der Waals surface area contributed by atoms with Crippen molar-refractivity contribution in [3.05, 3.63) is 39.3 Å². The molecule has 20 heavy (non-hydrogen) atoms. The highest BCUT2D eigenvalue weighted by atomic mass is 32.1. The Kier molecular flexibility index (Phi) is 3.17. The standard InChI is InChI=1S/C14H17N5S/c1-8-7-11(13(15)16)18-14(17-8)19-5-3-12-10(9(19)2)4-6-20-12/h4,6-7,9H,3,5H2,1-2H3,(H3,15,16). The number of aryl methyl sites for hydroxylation is 1. The lowest BCUT2D eigenvalue weighted by atomic mass is 10.0. The Balaban J connectivity index is 2.00. The van der Waals surface area contributed by atoms with Gasteiger partial charge in [0.15, 0.2) is 0 Å². The molecular formula is C14H17N5S. The molecule has 3 N–H and O–H groups in total. The van der Waals surface area contributed by atoms with Crippen LogP contribution in [0, 0.1) is 12.3 Å². The smallest absolute Gasteiger partial charge is 0.226 e. The molecule has 0 spiro atoms. The van der Waals surface area contributed by atoms with Crippen LogP contribution in [0.3, 0.4) is 0 Å². The first-order valence-electron chi connectivity index (χ1n) is 6.59. The third kappa shape index (κ3) is 2.16. The average molecular weight is 287 g/mol. The molecule has 0 aliphatic carbocycles. The maximum absolute atomic E-state index is 7.56. The maximum atomic E-state index is 7.56. The van der Waals surface area contributed by atoms with Gasteiger partial charge in [-0.25, -0.2) is 9.97 Å². The van der Waals surface area contributed by atoms with E-state index in [1.54, 1.807) is 6.07 Å². The topological polar surface area (TPSA) is 78.9 Å². The summed E-state index contributed by atoms with van der Waals surface area (Å²) < 4.78 is 0. The van der Waals surface area contributed by atoms with Gasteiger partial charge in [0.05, 0.1) is 6.04 Å². The van der Waals surface area contributed by atoms with Crippen LogP contribution in [-0.4, -0.2) is 22.3 Å². The van der Waals surface area contributed by atoms with E-state index in [9.17, 15) is 0 Å². The van der Waals surface area contributed by atoms with Crippen LogP contribution in [0.25, 0.3) is 0 Å². The van der Waals surface area contributed by atoms with Crippen LogP contribution in [0.2, 0.25) is 0 Å². The van der Waals surface area contributed by atoms with Gasteiger partial charge in [-0.3, -0.25) is 5.41 Å². The third-order valence-corrected chi connectivity index (χ3v) is 4.65. The minimum atomic E-state index is -0.0161. The highest BCUT2D eigenvalue weighted by Gasteiger charge is 2.27. The van der Waals surface area contributed by atoms with Gasteiger partial charge in [0.25, 0.3) is 0 Å². The van der Waals surface area contributed by atoms with E-state index in [1.807, 2.05) is 18.3 Å². The van der Waals surface area contributed by atoms with E-state index >= 15 is 0 Å². The zero-order chi connectivity index (χ0) is 14.3. The molecule has 2 aromatic heterocycles. The molecule has 0 saturated heterocycles. The van der Waals surface area contributed by atoms with E-state index in [0.29, 0.717) is 11.6 Å². The predicted molar refractivity (Wildman–Crippen MR) is 81.6 cm³/mol. The Bertz CT molecular complexity index is 663. The Hall–Kier alpha value is -1.95. The summed E-state index contributed by atoms with van der Waals surface area (Å²) in [7, 11) is 0. The SMILES string of the molecule is Cc1cc(C(=N)N)nc(N2CCc3sccc3C2C)n1. The number of anilines is 1. The molecule has 104 valence electrons. The quantitative estimate of drug-likeness (QED) is 0.656. The molecule has 0 radical (unpaired) electrons. The van der Waals surface area contributed by atoms with Crippen molar-refractivity contribution in [3.63, 3.8) is 0 Å². The van der Waals surface area contributed by atoms with Crippen LogP contribution in [0.1, 0.15) is 34.8 Å². The van der Waals surface area contributed by atoms with Crippen LogP contribution in [-0.2, 0) is 6.42 Å². The summed E-state index contributed by atoms with van der Waals surface area (Å²) in [6.45, 7) is 4.97. The monoisotopic (exact) mass is 287 g/mol. The fourth-order valence-corrected chi connectivity index (χ4v) is 3.56. The summed E-state index contributed by atoms with van der Waals surface area (Å²) in [5.41, 5.74) is 8.24. The van der Waals surface area contributed by atoms with E-state index in [2.05, 4.69) is 33.2 Å². The molecule has 3 heterocycles. The van der Waals surface area contributed by atoms with Crippen LogP contribution >= 0.6 is 11.3 Å². The van der Waals surface area contributed by atoms with E-state index in [-0.39, 0.29) is 11.9 Å². The van der Waals surface area contributed by atoms with E-state index in [1.165, 1.54) is 10.4 Å². The Labute approximate surface area is 122 Å². The van der Waals surface area contributed by atoms with Crippen molar-refractivity contribution in [2.75, 3.05) is 11.4 Å². The van der Waals surface area contributed by atoms with Crippen molar-refractivity contribution in [3.8, 4) is 0 Å². The highest BCUT2D eigenvalue weighted by molar-refractivity contribution is 7.10. The van der Waals surface area contributed by atoms with Gasteiger partial charge in [-0.05, 0) is 43.3 Å². The number of fused-ring (bicyclic) bond motifs is 1. The van der Waals surface area contributed by atoms with E-state index in [4.69, 9.17) is 11.1 Å². The number of hydrogen-bond donors (Lipinski definition) is 2. The number of nitrogens with two attached hydrogens (primary N) is 1. The number of hydrogen-bond acceptors (Lipinski definition) is 5. The minimum absolute atomic E-state index is 0.0161. The molecule has 1 aliphatic heterocycles. The summed E-state index contributed by atoms with van der Waals surface area (Å²) in [4.78, 5) is 12.6. The van der Waals surface area contributed by atoms with Gasteiger partial charge in [-0.15, -0.1) is 11.3 Å². The van der Waals surface area contributed by atoms with Crippen molar-refractivity contribution < 1.29 is 0 Å². The van der Waals surface area contributed by atoms with Gasteiger partial charge in [0.1, 0.15) is 11.5 Å². The number of rotatable bonds is 2. The molecule has 0 aromatic carbocycles. The summed E-state index contributed by atoms with van der Waals surface area (Å²) in [5, 5.41) is 9.70. The molecule has 3 rings (SSSR count). The first-order chi connectivity index (χ1) is 9.56. The largest absolute Gasteiger partial charge is 0.382 e. The fraction of sp³-hybridized carbons (Fsp3) is 0.357. The first kappa shape index (κ1) is 13.1. The highest BCUT2D eigenvalue weighted by Crippen LogP contribution is 2.34. The third-order valence-electron chi connectivity index (χ3n) is 3.65. The zero-order valence-corrected chi connectivity index (χ0v) is 12.4. The summed E-state index contributed by atoms with van der Waals surface area (Å²) in [6, 6.07) is 4.18. The molecule has 1 unspecified atom stereocenters. The minimum Gasteiger partial charge on any atom is -0.382 e. The molecule has 1 atom stereocenters. The second kappa shape index (κ2) is 4.86. The Morgan fingerprint density at radius 2 is 2.30 bits per heavy atom. The zero-order valence-electron chi connectivity index (χ0n) is 11.6. The molecule has 5 nitrogen and oxygen atoms in total. The Morgan fingerprint density at radius 3 is 3.05 bits per heavy atom. The number of nitrogens with one attached hydrogen (secondary N) is 1. The maximum Gasteiger partial charge on any atom is 0.226 e. The van der Waals surface area contributed by atoms with Crippen molar-refractivity contribution in [1.29, 1.82) is 5.41 Å². The van der Waals surface area contributed by atoms with Gasteiger partial charge < -0.3 is 10.6 Å². The van der Waals surface area contributed by atoms with Gasteiger partial charge in [0.2, 0.25) is 5.95 Å². The summed E-state index contributed by atoms with van der Waals surface area (Å²) in [6.07, 6.45) is 1.02. The van der Waals surface area contributed by atoms with Crippen LogP contribution < -0.4 is 10.6 Å². The van der Waals surface area contributed by atoms with E-state index < -0.39 is 0 Å². The second-order valence-corrected chi connectivity index (χ2v) is 6.03. The number of thiophene rings is 1. The first-order valence-corrected chi connectivity index (χ1v) is 7.47. The lowest BCUT2D eigenvalue weighted by Crippen LogP contribution is -2.35. The number of nitrogens with zero attached hydrogens (tertiary/aromatic N) is 3. The van der Waals surface area contributed by atoms with Crippen LogP contribution in [0.5, 0.6) is 0 Å². The fourth-order valence-electron chi connectivity index (χ4n) is 2.60. The number of nitrogen functional groups attached to an aromatic ring is 1. The van der Waals surface area contributed by atoms with Crippen molar-refractivity contribution in [2.45, 2.75) is 26.3 Å². The average Bonchev–Trinajstić information content (AvgIpc) is 2.87. The molecule has 0 bridgehead atoms. The molecule has 1 aliphatic rings. The van der Waals surface area contributed by atoms with Gasteiger partial charge in [-0.2, -0.15) is 0 Å². The van der Waals surface area contributed by atoms with Gasteiger partial charge in [-0.1, -0.05) is 0 Å².